The largest absolute Gasteiger partial charge is 0.346 e. The van der Waals surface area contributed by atoms with Crippen LogP contribution >= 0.6 is 11.6 Å². The second-order valence-corrected chi connectivity index (χ2v) is 7.50. The first kappa shape index (κ1) is 16.5. The smallest absolute Gasteiger partial charge is 0.251 e. The van der Waals surface area contributed by atoms with E-state index >= 15 is 0 Å². The molecule has 6 heteroatoms. The Bertz CT molecular complexity index is 785. The number of nitrogens with one attached hydrogen (secondary N) is 1. The molecule has 0 fully saturated rings. The minimum Gasteiger partial charge on any atom is -0.346 e. The van der Waals surface area contributed by atoms with E-state index in [0.717, 1.165) is 11.8 Å². The number of hydrogen-bond acceptors (Lipinski definition) is 3. The highest BCUT2D eigenvalue weighted by atomic mass is 35.5. The summed E-state index contributed by atoms with van der Waals surface area (Å²) >= 11 is 5.87. The fraction of sp³-hybridized carbons (Fsp3) is 0.188. The molecule has 0 heterocycles. The molecule has 0 spiro atoms. The Morgan fingerprint density at radius 3 is 2.32 bits per heavy atom. The topological polar surface area (TPSA) is 63.2 Å². The van der Waals surface area contributed by atoms with Gasteiger partial charge in [-0.05, 0) is 42.8 Å². The van der Waals surface area contributed by atoms with Crippen LogP contribution in [0.15, 0.2) is 53.4 Å². The van der Waals surface area contributed by atoms with E-state index in [-0.39, 0.29) is 16.8 Å². The van der Waals surface area contributed by atoms with Crippen molar-refractivity contribution in [3.8, 4) is 0 Å². The Labute approximate surface area is 135 Å². The minimum atomic E-state index is -3.22. The van der Waals surface area contributed by atoms with E-state index in [1.54, 1.807) is 36.4 Å². The molecule has 4 nitrogen and oxygen atoms in total. The lowest BCUT2D eigenvalue weighted by molar-refractivity contribution is 0.0940. The maximum absolute atomic E-state index is 12.1. The van der Waals surface area contributed by atoms with E-state index in [4.69, 9.17) is 11.6 Å². The number of carbonyl (C=O) groups excluding carboxylic acids is 1. The number of hydrogen-bond donors (Lipinski definition) is 1. The standard InChI is InChI=1S/C16H16ClNO3S/c1-11(12-6-8-15(9-7-12)22(2,20)21)18-16(19)13-4-3-5-14(17)10-13/h3-11H,1-2H3,(H,18,19)/t11-/m1/s1. The van der Waals surface area contributed by atoms with Gasteiger partial charge in [0.2, 0.25) is 0 Å². The van der Waals surface area contributed by atoms with Gasteiger partial charge in [0.1, 0.15) is 0 Å². The van der Waals surface area contributed by atoms with Crippen LogP contribution in [0.3, 0.4) is 0 Å². The zero-order valence-corrected chi connectivity index (χ0v) is 13.8. The van der Waals surface area contributed by atoms with Crippen molar-refractivity contribution in [1.82, 2.24) is 5.32 Å². The summed E-state index contributed by atoms with van der Waals surface area (Å²) < 4.78 is 22.9. The molecule has 0 unspecified atom stereocenters. The Balaban J connectivity index is 2.12. The maximum Gasteiger partial charge on any atom is 0.251 e. The Morgan fingerprint density at radius 2 is 1.77 bits per heavy atom. The normalized spacial score (nSPS) is 12.7. The monoisotopic (exact) mass is 337 g/mol. The summed E-state index contributed by atoms with van der Waals surface area (Å²) in [7, 11) is -3.22. The van der Waals surface area contributed by atoms with Gasteiger partial charge in [0.15, 0.2) is 9.84 Å². The van der Waals surface area contributed by atoms with E-state index in [1.165, 1.54) is 12.1 Å². The summed E-state index contributed by atoms with van der Waals surface area (Å²) in [4.78, 5) is 12.4. The van der Waals surface area contributed by atoms with Gasteiger partial charge in [-0.25, -0.2) is 8.42 Å². The fourth-order valence-corrected chi connectivity index (χ4v) is 2.82. The lowest BCUT2D eigenvalue weighted by Crippen LogP contribution is -2.26. The summed E-state index contributed by atoms with van der Waals surface area (Å²) in [5.41, 5.74) is 1.30. The first-order chi connectivity index (χ1) is 10.3. The minimum absolute atomic E-state index is 0.234. The third-order valence-electron chi connectivity index (χ3n) is 3.24. The van der Waals surface area contributed by atoms with Crippen molar-refractivity contribution < 1.29 is 13.2 Å². The van der Waals surface area contributed by atoms with Crippen LogP contribution in [0.4, 0.5) is 0 Å². The van der Waals surface area contributed by atoms with E-state index in [9.17, 15) is 13.2 Å². The quantitative estimate of drug-likeness (QED) is 0.931. The molecule has 2 aromatic carbocycles. The number of sulfone groups is 1. The number of rotatable bonds is 4. The van der Waals surface area contributed by atoms with Crippen LogP contribution < -0.4 is 5.32 Å². The first-order valence-electron chi connectivity index (χ1n) is 6.64. The molecule has 0 radical (unpaired) electrons. The highest BCUT2D eigenvalue weighted by molar-refractivity contribution is 7.90. The molecule has 0 saturated heterocycles. The van der Waals surface area contributed by atoms with Crippen molar-refractivity contribution in [1.29, 1.82) is 0 Å². The first-order valence-corrected chi connectivity index (χ1v) is 8.91. The zero-order chi connectivity index (χ0) is 16.3. The van der Waals surface area contributed by atoms with Gasteiger partial charge in [-0.1, -0.05) is 29.8 Å². The molecule has 1 atom stereocenters. The molecule has 0 aliphatic rings. The third-order valence-corrected chi connectivity index (χ3v) is 4.61. The zero-order valence-electron chi connectivity index (χ0n) is 12.2. The second-order valence-electron chi connectivity index (χ2n) is 5.05. The van der Waals surface area contributed by atoms with E-state index in [2.05, 4.69) is 5.32 Å². The van der Waals surface area contributed by atoms with Crippen LogP contribution in [0.25, 0.3) is 0 Å². The number of carbonyl (C=O) groups is 1. The van der Waals surface area contributed by atoms with Gasteiger partial charge in [-0.15, -0.1) is 0 Å². The van der Waals surface area contributed by atoms with Crippen LogP contribution in [0.2, 0.25) is 5.02 Å². The van der Waals surface area contributed by atoms with E-state index in [1.807, 2.05) is 6.92 Å². The molecule has 0 bridgehead atoms. The lowest BCUT2D eigenvalue weighted by Gasteiger charge is -2.15. The molecule has 0 aliphatic carbocycles. The highest BCUT2D eigenvalue weighted by Gasteiger charge is 2.13. The maximum atomic E-state index is 12.1. The van der Waals surface area contributed by atoms with E-state index < -0.39 is 9.84 Å². The van der Waals surface area contributed by atoms with Gasteiger partial charge in [-0.3, -0.25) is 4.79 Å². The van der Waals surface area contributed by atoms with Crippen molar-refractivity contribution in [2.45, 2.75) is 17.9 Å². The number of amides is 1. The fourth-order valence-electron chi connectivity index (χ4n) is 2.00. The summed E-state index contributed by atoms with van der Waals surface area (Å²) in [6.07, 6.45) is 1.16. The third kappa shape index (κ3) is 4.08. The Kier molecular flexibility index (Phi) is 4.88. The molecule has 1 amide bonds. The van der Waals surface area contributed by atoms with Crippen LogP contribution in [0, 0.1) is 0 Å². The molecule has 22 heavy (non-hydrogen) atoms. The number of halogens is 1. The summed E-state index contributed by atoms with van der Waals surface area (Å²) in [6.45, 7) is 1.83. The Morgan fingerprint density at radius 1 is 1.14 bits per heavy atom. The predicted molar refractivity (Wildman–Crippen MR) is 86.9 cm³/mol. The molecule has 0 aliphatic heterocycles. The van der Waals surface area contributed by atoms with Gasteiger partial charge in [0, 0.05) is 16.8 Å². The molecular formula is C16H16ClNO3S. The average Bonchev–Trinajstić information content (AvgIpc) is 2.46. The van der Waals surface area contributed by atoms with Gasteiger partial charge in [-0.2, -0.15) is 0 Å². The molecule has 2 aromatic rings. The van der Waals surface area contributed by atoms with Gasteiger partial charge >= 0.3 is 0 Å². The van der Waals surface area contributed by atoms with Crippen molar-refractivity contribution >= 4 is 27.3 Å². The highest BCUT2D eigenvalue weighted by Crippen LogP contribution is 2.17. The van der Waals surface area contributed by atoms with Crippen molar-refractivity contribution in [3.63, 3.8) is 0 Å². The second kappa shape index (κ2) is 6.50. The van der Waals surface area contributed by atoms with E-state index in [0.29, 0.717) is 10.6 Å². The van der Waals surface area contributed by atoms with Gasteiger partial charge in [0.05, 0.1) is 10.9 Å². The number of benzene rings is 2. The molecular weight excluding hydrogens is 322 g/mol. The van der Waals surface area contributed by atoms with Crippen molar-refractivity contribution in [3.05, 3.63) is 64.7 Å². The van der Waals surface area contributed by atoms with Crippen LogP contribution in [-0.2, 0) is 9.84 Å². The molecule has 2 rings (SSSR count). The van der Waals surface area contributed by atoms with Crippen molar-refractivity contribution in [2.24, 2.45) is 0 Å². The predicted octanol–water partition coefficient (Wildman–Crippen LogP) is 3.23. The summed E-state index contributed by atoms with van der Waals surface area (Å²) in [5.74, 6) is -0.234. The molecule has 0 saturated carbocycles. The Hall–Kier alpha value is -1.85. The van der Waals surface area contributed by atoms with Crippen molar-refractivity contribution in [2.75, 3.05) is 6.26 Å². The lowest BCUT2D eigenvalue weighted by atomic mass is 10.1. The van der Waals surface area contributed by atoms with Crippen LogP contribution in [0.1, 0.15) is 28.9 Å². The van der Waals surface area contributed by atoms with Gasteiger partial charge < -0.3 is 5.32 Å². The van der Waals surface area contributed by atoms with Gasteiger partial charge in [0.25, 0.3) is 5.91 Å². The summed E-state index contributed by atoms with van der Waals surface area (Å²) in [5, 5.41) is 3.35. The average molecular weight is 338 g/mol. The van der Waals surface area contributed by atoms with Crippen LogP contribution in [0.5, 0.6) is 0 Å². The molecule has 116 valence electrons. The van der Waals surface area contributed by atoms with Crippen LogP contribution in [-0.4, -0.2) is 20.6 Å². The molecule has 1 N–H and O–H groups in total. The SMILES string of the molecule is C[C@@H](NC(=O)c1cccc(Cl)c1)c1ccc(S(C)(=O)=O)cc1. The molecule has 0 aromatic heterocycles. The summed E-state index contributed by atoms with van der Waals surface area (Å²) in [6, 6.07) is 12.9.